The molecule has 1 aliphatic heterocycles. The van der Waals surface area contributed by atoms with Crippen LogP contribution in [0, 0.1) is 0 Å². The molecule has 1 fully saturated rings. The Bertz CT molecular complexity index is 527. The molecule has 1 heterocycles. The van der Waals surface area contributed by atoms with Crippen LogP contribution >= 0.6 is 11.6 Å². The predicted octanol–water partition coefficient (Wildman–Crippen LogP) is 1.60. The van der Waals surface area contributed by atoms with Gasteiger partial charge in [-0.1, -0.05) is 18.0 Å². The smallest absolute Gasteiger partial charge is 0.253 e. The monoisotopic (exact) mass is 289 g/mol. The first-order valence-electron chi connectivity index (χ1n) is 5.81. The van der Waals surface area contributed by atoms with Gasteiger partial charge in [0.1, 0.15) is 0 Å². The number of piperidine rings is 1. The third-order valence-electron chi connectivity index (χ3n) is 2.88. The summed E-state index contributed by atoms with van der Waals surface area (Å²) in [5, 5.41) is 2.08. The first-order chi connectivity index (χ1) is 8.49. The summed E-state index contributed by atoms with van der Waals surface area (Å²) >= 11 is 5.77. The molecule has 0 spiro atoms. The molecule has 7 heteroatoms. The topological polar surface area (TPSA) is 75.4 Å². The van der Waals surface area contributed by atoms with E-state index in [-0.39, 0.29) is 10.6 Å². The molecule has 1 aliphatic rings. The molecule has 0 radical (unpaired) electrons. The molecule has 5 nitrogen and oxygen atoms in total. The summed E-state index contributed by atoms with van der Waals surface area (Å²) in [5.41, 5.74) is 5.87. The van der Waals surface area contributed by atoms with Crippen LogP contribution in [0.25, 0.3) is 0 Å². The lowest BCUT2D eigenvalue weighted by Gasteiger charge is -2.26. The van der Waals surface area contributed by atoms with Gasteiger partial charge in [-0.2, -0.15) is 0 Å². The van der Waals surface area contributed by atoms with Crippen molar-refractivity contribution in [2.75, 3.05) is 18.8 Å². The van der Waals surface area contributed by atoms with Gasteiger partial charge >= 0.3 is 0 Å². The quantitative estimate of drug-likeness (QED) is 0.829. The normalized spacial score (nSPS) is 17.8. The van der Waals surface area contributed by atoms with E-state index in [1.54, 1.807) is 5.01 Å². The first-order valence-corrected chi connectivity index (χ1v) is 7.67. The van der Waals surface area contributed by atoms with Crippen molar-refractivity contribution in [3.8, 4) is 0 Å². The molecule has 0 bridgehead atoms. The Morgan fingerprint density at radius 3 is 2.50 bits per heavy atom. The number of hydrogen-bond donors (Lipinski definition) is 2. The Morgan fingerprint density at radius 2 is 1.89 bits per heavy atom. The third-order valence-corrected chi connectivity index (χ3v) is 4.60. The lowest BCUT2D eigenvalue weighted by Crippen LogP contribution is -2.44. The van der Waals surface area contributed by atoms with Gasteiger partial charge in [-0.05, 0) is 31.0 Å². The minimum atomic E-state index is -3.56. The molecule has 0 aromatic heterocycles. The summed E-state index contributed by atoms with van der Waals surface area (Å²) in [4.78, 5) is 2.70. The van der Waals surface area contributed by atoms with E-state index < -0.39 is 10.0 Å². The highest BCUT2D eigenvalue weighted by Crippen LogP contribution is 2.22. The summed E-state index contributed by atoms with van der Waals surface area (Å²) in [6.07, 6.45) is 3.16. The van der Waals surface area contributed by atoms with E-state index in [0.29, 0.717) is 5.02 Å². The standard InChI is InChI=1S/C11H16ClN3O2S/c12-10-5-4-9(8-11(10)13)18(16,17)14-15-6-2-1-3-7-15/h4-5,8,14H,1-3,6-7,13H2. The van der Waals surface area contributed by atoms with Crippen molar-refractivity contribution in [3.63, 3.8) is 0 Å². The highest BCUT2D eigenvalue weighted by Gasteiger charge is 2.20. The van der Waals surface area contributed by atoms with Crippen molar-refractivity contribution in [2.24, 2.45) is 0 Å². The number of rotatable bonds is 3. The number of benzene rings is 1. The van der Waals surface area contributed by atoms with Crippen molar-refractivity contribution < 1.29 is 8.42 Å². The molecular weight excluding hydrogens is 274 g/mol. The number of nitrogens with two attached hydrogens (primary N) is 1. The molecule has 3 N–H and O–H groups in total. The maximum atomic E-state index is 12.1. The zero-order valence-electron chi connectivity index (χ0n) is 9.89. The maximum absolute atomic E-state index is 12.1. The van der Waals surface area contributed by atoms with Gasteiger partial charge in [0, 0.05) is 13.1 Å². The number of nitrogens with one attached hydrogen (secondary N) is 1. The molecule has 0 saturated carbocycles. The second kappa shape index (κ2) is 5.44. The molecule has 18 heavy (non-hydrogen) atoms. The van der Waals surface area contributed by atoms with Crippen molar-refractivity contribution in [1.82, 2.24) is 9.84 Å². The van der Waals surface area contributed by atoms with E-state index >= 15 is 0 Å². The van der Waals surface area contributed by atoms with Crippen LogP contribution in [0.1, 0.15) is 19.3 Å². The van der Waals surface area contributed by atoms with E-state index in [1.807, 2.05) is 0 Å². The number of nitrogens with zero attached hydrogens (tertiary/aromatic N) is 1. The van der Waals surface area contributed by atoms with Gasteiger partial charge in [0.05, 0.1) is 15.6 Å². The lowest BCUT2D eigenvalue weighted by atomic mass is 10.2. The van der Waals surface area contributed by atoms with Crippen LogP contribution < -0.4 is 10.6 Å². The number of anilines is 1. The van der Waals surface area contributed by atoms with Crippen LogP contribution in [-0.4, -0.2) is 26.5 Å². The summed E-state index contributed by atoms with van der Waals surface area (Å²) in [7, 11) is -3.56. The Hall–Kier alpha value is -0.820. The van der Waals surface area contributed by atoms with E-state index in [9.17, 15) is 8.42 Å². The molecule has 1 saturated heterocycles. The molecule has 0 aliphatic carbocycles. The zero-order valence-corrected chi connectivity index (χ0v) is 11.5. The summed E-state index contributed by atoms with van der Waals surface area (Å²) in [6.45, 7) is 1.48. The van der Waals surface area contributed by atoms with Gasteiger partial charge in [-0.15, -0.1) is 4.83 Å². The van der Waals surface area contributed by atoms with Gasteiger partial charge in [0.25, 0.3) is 10.0 Å². The molecule has 0 atom stereocenters. The van der Waals surface area contributed by atoms with Gasteiger partial charge in [0.2, 0.25) is 0 Å². The number of hydrazine groups is 1. The molecule has 2 rings (SSSR count). The fourth-order valence-corrected chi connectivity index (χ4v) is 3.17. The maximum Gasteiger partial charge on any atom is 0.253 e. The van der Waals surface area contributed by atoms with Crippen molar-refractivity contribution in [3.05, 3.63) is 23.2 Å². The number of sulfonamides is 1. The molecule has 100 valence electrons. The molecule has 1 aromatic carbocycles. The Labute approximate surface area is 112 Å². The SMILES string of the molecule is Nc1cc(S(=O)(=O)NN2CCCCC2)ccc1Cl. The molecule has 1 aromatic rings. The molecule has 0 amide bonds. The largest absolute Gasteiger partial charge is 0.397 e. The van der Waals surface area contributed by atoms with Crippen molar-refractivity contribution >= 4 is 27.3 Å². The number of hydrogen-bond acceptors (Lipinski definition) is 4. The molecular formula is C11H16ClN3O2S. The highest BCUT2D eigenvalue weighted by atomic mass is 35.5. The minimum Gasteiger partial charge on any atom is -0.397 e. The highest BCUT2D eigenvalue weighted by molar-refractivity contribution is 7.89. The van der Waals surface area contributed by atoms with E-state index in [4.69, 9.17) is 17.3 Å². The van der Waals surface area contributed by atoms with Gasteiger partial charge in [-0.25, -0.2) is 13.4 Å². The van der Waals surface area contributed by atoms with E-state index in [0.717, 1.165) is 32.4 Å². The Balaban J connectivity index is 2.16. The second-order valence-electron chi connectivity index (χ2n) is 4.33. The number of nitrogen functional groups attached to an aromatic ring is 1. The average molecular weight is 290 g/mol. The fraction of sp³-hybridized carbons (Fsp3) is 0.455. The summed E-state index contributed by atoms with van der Waals surface area (Å²) < 4.78 is 24.2. The van der Waals surface area contributed by atoms with Crippen LogP contribution in [-0.2, 0) is 10.0 Å². The fourth-order valence-electron chi connectivity index (χ4n) is 1.90. The van der Waals surface area contributed by atoms with E-state index in [1.165, 1.54) is 18.2 Å². The number of halogens is 1. The average Bonchev–Trinajstić information content (AvgIpc) is 2.33. The van der Waals surface area contributed by atoms with Crippen LogP contribution in [0.5, 0.6) is 0 Å². The van der Waals surface area contributed by atoms with E-state index in [2.05, 4.69) is 4.83 Å². The first kappa shape index (κ1) is 13.6. The minimum absolute atomic E-state index is 0.134. The van der Waals surface area contributed by atoms with Crippen molar-refractivity contribution in [2.45, 2.75) is 24.2 Å². The van der Waals surface area contributed by atoms with Gasteiger partial charge in [-0.3, -0.25) is 0 Å². The second-order valence-corrected chi connectivity index (χ2v) is 6.39. The van der Waals surface area contributed by atoms with Crippen LogP contribution in [0.2, 0.25) is 5.02 Å². The van der Waals surface area contributed by atoms with Crippen LogP contribution in [0.15, 0.2) is 23.1 Å². The summed E-state index contributed by atoms with van der Waals surface area (Å²) in [6, 6.07) is 4.31. The van der Waals surface area contributed by atoms with Crippen LogP contribution in [0.3, 0.4) is 0 Å². The third kappa shape index (κ3) is 3.14. The molecule has 0 unspecified atom stereocenters. The van der Waals surface area contributed by atoms with Gasteiger partial charge < -0.3 is 5.73 Å². The van der Waals surface area contributed by atoms with Crippen molar-refractivity contribution in [1.29, 1.82) is 0 Å². The predicted molar refractivity (Wildman–Crippen MR) is 71.6 cm³/mol. The summed E-state index contributed by atoms with van der Waals surface area (Å²) in [5.74, 6) is 0. The zero-order chi connectivity index (χ0) is 13.2. The Morgan fingerprint density at radius 1 is 1.22 bits per heavy atom. The van der Waals surface area contributed by atoms with Crippen LogP contribution in [0.4, 0.5) is 5.69 Å². The van der Waals surface area contributed by atoms with Gasteiger partial charge in [0.15, 0.2) is 0 Å². The lowest BCUT2D eigenvalue weighted by molar-refractivity contribution is 0.200. The Kier molecular flexibility index (Phi) is 4.11.